The van der Waals surface area contributed by atoms with E-state index in [4.69, 9.17) is 0 Å². The Morgan fingerprint density at radius 3 is 2.23 bits per heavy atom. The van der Waals surface area contributed by atoms with E-state index in [1.165, 1.54) is 0 Å². The van der Waals surface area contributed by atoms with Gasteiger partial charge in [-0.2, -0.15) is 0 Å². The summed E-state index contributed by atoms with van der Waals surface area (Å²) >= 11 is 0. The largest absolute Gasteiger partial charge is 0.361 e. The van der Waals surface area contributed by atoms with Crippen LogP contribution in [-0.4, -0.2) is 11.0 Å². The van der Waals surface area contributed by atoms with E-state index in [-0.39, 0.29) is 6.03 Å². The number of aromatic nitrogens is 1. The Kier molecular flexibility index (Phi) is 16.3. The van der Waals surface area contributed by atoms with Gasteiger partial charge in [0, 0.05) is 22.8 Å². The van der Waals surface area contributed by atoms with Crippen LogP contribution in [0.5, 0.6) is 0 Å². The van der Waals surface area contributed by atoms with Crippen LogP contribution in [0.25, 0.3) is 10.9 Å². The Labute approximate surface area is 158 Å². The lowest BCUT2D eigenvalue weighted by Crippen LogP contribution is -2.27. The number of hydrogen-bond acceptors (Lipinski definition) is 1. The van der Waals surface area contributed by atoms with E-state index in [0.717, 1.165) is 16.6 Å². The lowest BCUT2D eigenvalue weighted by atomic mass is 10.2. The second-order valence-corrected chi connectivity index (χ2v) is 4.29. The number of allylic oxidation sites excluding steroid dienone is 4. The molecule has 0 aliphatic heterocycles. The summed E-state index contributed by atoms with van der Waals surface area (Å²) in [5.41, 5.74) is 2.32. The molecule has 2 amide bonds. The van der Waals surface area contributed by atoms with Gasteiger partial charge in [-0.25, -0.2) is 4.79 Å². The first-order valence-electron chi connectivity index (χ1n) is 8.82. The third kappa shape index (κ3) is 9.33. The molecule has 0 unspecified atom stereocenters. The van der Waals surface area contributed by atoms with E-state index in [1.807, 2.05) is 65.1 Å². The fraction of sp³-hybridized carbons (Fsp3) is 0.227. The number of H-pyrrole nitrogens is 1. The second kappa shape index (κ2) is 16.8. The van der Waals surface area contributed by atoms with Crippen molar-refractivity contribution < 1.29 is 4.79 Å². The minimum atomic E-state index is -0.318. The van der Waals surface area contributed by atoms with Crippen molar-refractivity contribution in [1.82, 2.24) is 10.3 Å². The maximum absolute atomic E-state index is 11.9. The Morgan fingerprint density at radius 1 is 1.08 bits per heavy atom. The summed E-state index contributed by atoms with van der Waals surface area (Å²) in [5.74, 6) is 0. The van der Waals surface area contributed by atoms with Gasteiger partial charge in [-0.1, -0.05) is 59.1 Å². The van der Waals surface area contributed by atoms with Crippen LogP contribution in [0, 0.1) is 0 Å². The average molecular weight is 356 g/mol. The lowest BCUT2D eigenvalue weighted by molar-refractivity contribution is 0.254. The molecule has 2 rings (SSSR count). The monoisotopic (exact) mass is 355 g/mol. The number of fused-ring (bicyclic) bond motifs is 1. The van der Waals surface area contributed by atoms with Crippen molar-refractivity contribution in [2.24, 2.45) is 0 Å². The molecule has 0 fully saturated rings. The fourth-order valence-corrected chi connectivity index (χ4v) is 1.77. The molecular formula is C22H33N3O. The minimum absolute atomic E-state index is 0.318. The Bertz CT molecular complexity index is 696. The van der Waals surface area contributed by atoms with Crippen molar-refractivity contribution >= 4 is 22.6 Å². The molecule has 0 bridgehead atoms. The fourth-order valence-electron chi connectivity index (χ4n) is 1.77. The van der Waals surface area contributed by atoms with Gasteiger partial charge in [0.05, 0.1) is 5.69 Å². The van der Waals surface area contributed by atoms with Gasteiger partial charge in [-0.15, -0.1) is 6.58 Å². The van der Waals surface area contributed by atoms with E-state index < -0.39 is 0 Å². The van der Waals surface area contributed by atoms with E-state index in [9.17, 15) is 4.79 Å². The van der Waals surface area contributed by atoms with Crippen molar-refractivity contribution in [3.8, 4) is 0 Å². The quantitative estimate of drug-likeness (QED) is 0.410. The van der Waals surface area contributed by atoms with Crippen molar-refractivity contribution in [2.45, 2.75) is 34.6 Å². The lowest BCUT2D eigenvalue weighted by Gasteiger charge is -2.08. The van der Waals surface area contributed by atoms with Gasteiger partial charge in [-0.3, -0.25) is 0 Å². The van der Waals surface area contributed by atoms with E-state index in [0.29, 0.717) is 5.70 Å². The molecule has 1 aromatic carbocycles. The van der Waals surface area contributed by atoms with Gasteiger partial charge in [0.25, 0.3) is 0 Å². The average Bonchev–Trinajstić information content (AvgIpc) is 3.15. The molecule has 1 heterocycles. The Balaban J connectivity index is 0. The first-order chi connectivity index (χ1) is 12.7. The third-order valence-electron chi connectivity index (χ3n) is 2.62. The number of nitrogens with one attached hydrogen (secondary N) is 3. The third-order valence-corrected chi connectivity index (χ3v) is 2.62. The number of carbonyl (C=O) groups excluding carboxylic acids is 1. The zero-order valence-electron chi connectivity index (χ0n) is 16.7. The Hall–Kier alpha value is -3.01. The van der Waals surface area contributed by atoms with Crippen LogP contribution in [-0.2, 0) is 0 Å². The summed E-state index contributed by atoms with van der Waals surface area (Å²) in [6, 6.07) is 7.27. The smallest absolute Gasteiger partial charge is 0.323 e. The molecule has 0 radical (unpaired) electrons. The molecule has 0 saturated heterocycles. The summed E-state index contributed by atoms with van der Waals surface area (Å²) in [6.07, 6.45) is 8.40. The van der Waals surface area contributed by atoms with E-state index in [2.05, 4.69) is 35.4 Å². The zero-order valence-corrected chi connectivity index (χ0v) is 16.7. The normalized spacial score (nSPS) is 9.04. The van der Waals surface area contributed by atoms with Crippen LogP contribution < -0.4 is 10.6 Å². The second-order valence-electron chi connectivity index (χ2n) is 4.29. The number of anilines is 1. The summed E-state index contributed by atoms with van der Waals surface area (Å²) in [7, 11) is 0. The molecule has 0 atom stereocenters. The van der Waals surface area contributed by atoms with Crippen molar-refractivity contribution in [2.75, 3.05) is 5.32 Å². The molecule has 3 N–H and O–H groups in total. The SMILES string of the molecule is C=C/C=C(\C=C)NC(=O)Nc1cccc2[nH]ccc12.C=CC.CC.CC. The predicted octanol–water partition coefficient (Wildman–Crippen LogP) is 6.79. The van der Waals surface area contributed by atoms with Gasteiger partial charge in [0.1, 0.15) is 0 Å². The molecule has 2 aromatic rings. The van der Waals surface area contributed by atoms with Crippen LogP contribution in [0.3, 0.4) is 0 Å². The molecule has 0 saturated carbocycles. The number of aromatic amines is 1. The summed E-state index contributed by atoms with van der Waals surface area (Å²) in [6.45, 7) is 20.4. The van der Waals surface area contributed by atoms with Crippen LogP contribution >= 0.6 is 0 Å². The van der Waals surface area contributed by atoms with Gasteiger partial charge >= 0.3 is 6.03 Å². The molecule has 0 aliphatic carbocycles. The number of hydrogen-bond donors (Lipinski definition) is 3. The van der Waals surface area contributed by atoms with Gasteiger partial charge < -0.3 is 15.6 Å². The standard InChI is InChI=1S/C15H15N3O.C3H6.2C2H6/c1-3-6-11(4-2)17-15(19)18-14-8-5-7-13-12(14)9-10-16-13;1-3-2;2*1-2/h3-10,16H,1-2H2,(H2,17,18,19);3H,1H2,2H3;2*1-2H3/b11-6+;;;. The molecule has 4 nitrogen and oxygen atoms in total. The van der Waals surface area contributed by atoms with Crippen LogP contribution in [0.4, 0.5) is 10.5 Å². The van der Waals surface area contributed by atoms with Crippen molar-refractivity contribution in [1.29, 1.82) is 0 Å². The predicted molar refractivity (Wildman–Crippen MR) is 117 cm³/mol. The van der Waals surface area contributed by atoms with Crippen molar-refractivity contribution in [3.63, 3.8) is 0 Å². The highest BCUT2D eigenvalue weighted by molar-refractivity contribution is 6.01. The number of benzene rings is 1. The van der Waals surface area contributed by atoms with Crippen LogP contribution in [0.2, 0.25) is 0 Å². The summed E-state index contributed by atoms with van der Waals surface area (Å²) in [4.78, 5) is 15.0. The molecule has 1 aromatic heterocycles. The van der Waals surface area contributed by atoms with Crippen molar-refractivity contribution in [3.05, 3.63) is 80.2 Å². The highest BCUT2D eigenvalue weighted by Gasteiger charge is 2.06. The first-order valence-corrected chi connectivity index (χ1v) is 8.82. The highest BCUT2D eigenvalue weighted by atomic mass is 16.2. The molecule has 0 aliphatic rings. The van der Waals surface area contributed by atoms with Gasteiger partial charge in [-0.05, 0) is 37.3 Å². The molecule has 142 valence electrons. The molecule has 26 heavy (non-hydrogen) atoms. The zero-order chi connectivity index (χ0) is 20.4. The maximum Gasteiger partial charge on any atom is 0.323 e. The summed E-state index contributed by atoms with van der Waals surface area (Å²) in [5, 5.41) is 6.45. The molecule has 0 spiro atoms. The molecular weight excluding hydrogens is 322 g/mol. The van der Waals surface area contributed by atoms with E-state index in [1.54, 1.807) is 24.3 Å². The summed E-state index contributed by atoms with van der Waals surface area (Å²) < 4.78 is 0. The van der Waals surface area contributed by atoms with Gasteiger partial charge in [0.2, 0.25) is 0 Å². The van der Waals surface area contributed by atoms with Gasteiger partial charge in [0.15, 0.2) is 0 Å². The Morgan fingerprint density at radius 2 is 1.69 bits per heavy atom. The highest BCUT2D eigenvalue weighted by Crippen LogP contribution is 2.21. The van der Waals surface area contributed by atoms with Crippen LogP contribution in [0.1, 0.15) is 34.6 Å². The van der Waals surface area contributed by atoms with E-state index >= 15 is 0 Å². The number of urea groups is 1. The number of carbonyl (C=O) groups is 1. The topological polar surface area (TPSA) is 56.9 Å². The number of rotatable bonds is 4. The molecule has 4 heteroatoms. The first kappa shape index (κ1) is 25.2. The van der Waals surface area contributed by atoms with Crippen LogP contribution in [0.15, 0.2) is 80.2 Å². The minimum Gasteiger partial charge on any atom is -0.361 e. The maximum atomic E-state index is 11.9. The number of amides is 2.